The molecule has 2 N–H and O–H groups in total. The van der Waals surface area contributed by atoms with Crippen LogP contribution in [0.5, 0.6) is 5.75 Å². The monoisotopic (exact) mass is 339 g/mol. The van der Waals surface area contributed by atoms with Gasteiger partial charge in [-0.25, -0.2) is 0 Å². The van der Waals surface area contributed by atoms with Crippen molar-refractivity contribution in [2.45, 2.75) is 25.8 Å². The second-order valence-corrected chi connectivity index (χ2v) is 6.75. The molecule has 1 saturated heterocycles. The number of benzene rings is 1. The summed E-state index contributed by atoms with van der Waals surface area (Å²) >= 11 is 0. The van der Waals surface area contributed by atoms with Crippen molar-refractivity contribution in [1.29, 1.82) is 0 Å². The molecule has 0 radical (unpaired) electrons. The van der Waals surface area contributed by atoms with E-state index in [0.29, 0.717) is 0 Å². The Labute approximate surface area is 148 Å². The van der Waals surface area contributed by atoms with Crippen molar-refractivity contribution in [1.82, 2.24) is 15.6 Å². The molecule has 3 rings (SSSR count). The van der Waals surface area contributed by atoms with Crippen LogP contribution in [0.2, 0.25) is 0 Å². The highest BCUT2D eigenvalue weighted by Crippen LogP contribution is 2.31. The van der Waals surface area contributed by atoms with Gasteiger partial charge < -0.3 is 15.4 Å². The van der Waals surface area contributed by atoms with Crippen molar-refractivity contribution in [3.8, 4) is 5.75 Å². The molecule has 2 aromatic rings. The number of aromatic nitrogens is 1. The fourth-order valence-electron chi connectivity index (χ4n) is 3.21. The third-order valence-electron chi connectivity index (χ3n) is 4.94. The van der Waals surface area contributed by atoms with E-state index in [1.165, 1.54) is 0 Å². The first-order valence-electron chi connectivity index (χ1n) is 8.69. The number of nitrogens with zero attached hydrogens (tertiary/aromatic N) is 1. The molecule has 1 atom stereocenters. The van der Waals surface area contributed by atoms with Crippen molar-refractivity contribution in [2.75, 3.05) is 20.2 Å². The summed E-state index contributed by atoms with van der Waals surface area (Å²) in [6.45, 7) is 3.79. The van der Waals surface area contributed by atoms with Gasteiger partial charge in [-0.05, 0) is 55.8 Å². The quantitative estimate of drug-likeness (QED) is 0.879. The van der Waals surface area contributed by atoms with Gasteiger partial charge in [0.05, 0.1) is 18.8 Å². The number of pyridine rings is 1. The van der Waals surface area contributed by atoms with Gasteiger partial charge in [-0.15, -0.1) is 0 Å². The number of hydrogen-bond donors (Lipinski definition) is 2. The molecule has 5 heteroatoms. The SMILES string of the molecule is COc1cccc(C(NC(=O)C2(C)CCNCC2)c2ccccn2)c1. The fourth-order valence-corrected chi connectivity index (χ4v) is 3.21. The van der Waals surface area contributed by atoms with Crippen LogP contribution in [0.1, 0.15) is 37.1 Å². The molecular weight excluding hydrogens is 314 g/mol. The molecule has 0 saturated carbocycles. The Morgan fingerprint density at radius 3 is 2.72 bits per heavy atom. The van der Waals surface area contributed by atoms with Gasteiger partial charge in [-0.1, -0.05) is 25.1 Å². The van der Waals surface area contributed by atoms with E-state index in [1.54, 1.807) is 13.3 Å². The highest BCUT2D eigenvalue weighted by atomic mass is 16.5. The van der Waals surface area contributed by atoms with Crippen LogP contribution in [0, 0.1) is 5.41 Å². The Morgan fingerprint density at radius 1 is 1.24 bits per heavy atom. The third-order valence-corrected chi connectivity index (χ3v) is 4.94. The zero-order chi connectivity index (χ0) is 17.7. The standard InChI is InChI=1S/C20H25N3O2/c1-20(9-12-21-13-10-20)19(24)23-18(17-8-3-4-11-22-17)15-6-5-7-16(14-15)25-2/h3-8,11,14,18,21H,9-10,12-13H2,1-2H3,(H,23,24). The van der Waals surface area contributed by atoms with Gasteiger partial charge in [-0.2, -0.15) is 0 Å². The van der Waals surface area contributed by atoms with E-state index in [9.17, 15) is 4.79 Å². The summed E-state index contributed by atoms with van der Waals surface area (Å²) in [6, 6.07) is 13.2. The van der Waals surface area contributed by atoms with E-state index in [-0.39, 0.29) is 17.4 Å². The smallest absolute Gasteiger partial charge is 0.226 e. The summed E-state index contributed by atoms with van der Waals surface area (Å²) in [4.78, 5) is 17.5. The average Bonchev–Trinajstić information content (AvgIpc) is 2.67. The van der Waals surface area contributed by atoms with Crippen molar-refractivity contribution in [3.63, 3.8) is 0 Å². The first kappa shape index (κ1) is 17.4. The molecule has 5 nitrogen and oxygen atoms in total. The molecular formula is C20H25N3O2. The Kier molecular flexibility index (Phi) is 5.34. The zero-order valence-electron chi connectivity index (χ0n) is 14.8. The lowest BCUT2D eigenvalue weighted by Crippen LogP contribution is -2.47. The molecule has 0 spiro atoms. The minimum atomic E-state index is -0.350. The number of methoxy groups -OCH3 is 1. The summed E-state index contributed by atoms with van der Waals surface area (Å²) < 4.78 is 5.34. The summed E-state index contributed by atoms with van der Waals surface area (Å²) in [5.41, 5.74) is 1.43. The number of nitrogens with one attached hydrogen (secondary N) is 2. The maximum atomic E-state index is 13.0. The second kappa shape index (κ2) is 7.66. The van der Waals surface area contributed by atoms with Crippen molar-refractivity contribution in [2.24, 2.45) is 5.41 Å². The molecule has 1 aromatic carbocycles. The predicted octanol–water partition coefficient (Wildman–Crippen LogP) is 2.69. The summed E-state index contributed by atoms with van der Waals surface area (Å²) in [5, 5.41) is 6.54. The number of rotatable bonds is 5. The first-order chi connectivity index (χ1) is 12.1. The summed E-state index contributed by atoms with van der Waals surface area (Å²) in [6.07, 6.45) is 3.43. The molecule has 1 aliphatic heterocycles. The number of ether oxygens (including phenoxy) is 1. The van der Waals surface area contributed by atoms with Gasteiger partial charge in [-0.3, -0.25) is 9.78 Å². The molecule has 0 aliphatic carbocycles. The lowest BCUT2D eigenvalue weighted by Gasteiger charge is -2.34. The Morgan fingerprint density at radius 2 is 2.04 bits per heavy atom. The number of hydrogen-bond acceptors (Lipinski definition) is 4. The molecule has 1 aliphatic rings. The molecule has 0 bridgehead atoms. The third kappa shape index (κ3) is 3.99. The second-order valence-electron chi connectivity index (χ2n) is 6.75. The fraction of sp³-hybridized carbons (Fsp3) is 0.400. The molecule has 1 aromatic heterocycles. The highest BCUT2D eigenvalue weighted by molar-refractivity contribution is 5.83. The van der Waals surface area contributed by atoms with E-state index >= 15 is 0 Å². The largest absolute Gasteiger partial charge is 0.497 e. The van der Waals surface area contributed by atoms with Crippen LogP contribution in [0.25, 0.3) is 0 Å². The summed E-state index contributed by atoms with van der Waals surface area (Å²) in [7, 11) is 1.64. The van der Waals surface area contributed by atoms with Gasteiger partial charge in [0, 0.05) is 11.6 Å². The van der Waals surface area contributed by atoms with Crippen LogP contribution in [0.4, 0.5) is 0 Å². The number of piperidine rings is 1. The van der Waals surface area contributed by atoms with Crippen LogP contribution < -0.4 is 15.4 Å². The van der Waals surface area contributed by atoms with Gasteiger partial charge in [0.15, 0.2) is 0 Å². The van der Waals surface area contributed by atoms with Crippen molar-refractivity contribution < 1.29 is 9.53 Å². The van der Waals surface area contributed by atoms with Crippen molar-refractivity contribution in [3.05, 3.63) is 59.9 Å². The van der Waals surface area contributed by atoms with Crippen LogP contribution in [0.3, 0.4) is 0 Å². The van der Waals surface area contributed by atoms with E-state index < -0.39 is 0 Å². The maximum absolute atomic E-state index is 13.0. The molecule has 1 fully saturated rings. The van der Waals surface area contributed by atoms with E-state index in [4.69, 9.17) is 4.74 Å². The Bertz CT molecular complexity index is 712. The summed E-state index contributed by atoms with van der Waals surface area (Å²) in [5.74, 6) is 0.841. The van der Waals surface area contributed by atoms with E-state index in [0.717, 1.165) is 42.9 Å². The van der Waals surface area contributed by atoms with Crippen LogP contribution in [0.15, 0.2) is 48.7 Å². The van der Waals surface area contributed by atoms with Gasteiger partial charge in [0.25, 0.3) is 0 Å². The van der Waals surface area contributed by atoms with Crippen LogP contribution in [-0.2, 0) is 4.79 Å². The van der Waals surface area contributed by atoms with Crippen LogP contribution >= 0.6 is 0 Å². The average molecular weight is 339 g/mol. The molecule has 25 heavy (non-hydrogen) atoms. The number of carbonyl (C=O) groups excluding carboxylic acids is 1. The predicted molar refractivity (Wildman–Crippen MR) is 97.4 cm³/mol. The molecule has 2 heterocycles. The topological polar surface area (TPSA) is 63.2 Å². The van der Waals surface area contributed by atoms with Gasteiger partial charge in [0.2, 0.25) is 5.91 Å². The Balaban J connectivity index is 1.90. The Hall–Kier alpha value is -2.40. The number of amides is 1. The molecule has 1 unspecified atom stereocenters. The van der Waals surface area contributed by atoms with Gasteiger partial charge in [0.1, 0.15) is 5.75 Å². The molecule has 132 valence electrons. The minimum absolute atomic E-state index is 0.0764. The maximum Gasteiger partial charge on any atom is 0.226 e. The minimum Gasteiger partial charge on any atom is -0.497 e. The van der Waals surface area contributed by atoms with Crippen molar-refractivity contribution >= 4 is 5.91 Å². The van der Waals surface area contributed by atoms with Gasteiger partial charge >= 0.3 is 0 Å². The van der Waals surface area contributed by atoms with Crippen LogP contribution in [-0.4, -0.2) is 31.1 Å². The normalized spacial score (nSPS) is 17.5. The highest BCUT2D eigenvalue weighted by Gasteiger charge is 2.36. The molecule has 1 amide bonds. The van der Waals surface area contributed by atoms with E-state index in [2.05, 4.69) is 15.6 Å². The lowest BCUT2D eigenvalue weighted by atomic mass is 9.79. The van der Waals surface area contributed by atoms with E-state index in [1.807, 2.05) is 49.4 Å². The lowest BCUT2D eigenvalue weighted by molar-refractivity contribution is -0.132. The zero-order valence-corrected chi connectivity index (χ0v) is 14.8. The first-order valence-corrected chi connectivity index (χ1v) is 8.69. The number of carbonyl (C=O) groups is 1.